The molecule has 1 saturated heterocycles. The summed E-state index contributed by atoms with van der Waals surface area (Å²) in [5.74, 6) is 1.63. The summed E-state index contributed by atoms with van der Waals surface area (Å²) >= 11 is 8.64. The fourth-order valence-corrected chi connectivity index (χ4v) is 2.95. The topological polar surface area (TPSA) is 3.24 Å². The van der Waals surface area contributed by atoms with E-state index in [0.29, 0.717) is 0 Å². The highest BCUT2D eigenvalue weighted by Crippen LogP contribution is 2.24. The minimum absolute atomic E-state index is 0.796. The van der Waals surface area contributed by atoms with E-state index in [9.17, 15) is 0 Å². The molecule has 1 fully saturated rings. The predicted molar refractivity (Wildman–Crippen MR) is 76.3 cm³/mol. The standard InChI is InChI=1S/C13H19NS2/c1-2-12-5-10(9-15)3-4-13(12)6-11-7-14(16)8-11/h3-5,11,15-16H,2,6-9H2,1H3. The van der Waals surface area contributed by atoms with Crippen LogP contribution in [0.15, 0.2) is 18.2 Å². The highest BCUT2D eigenvalue weighted by molar-refractivity contribution is 7.79. The van der Waals surface area contributed by atoms with Gasteiger partial charge in [-0.25, -0.2) is 0 Å². The van der Waals surface area contributed by atoms with Crippen LogP contribution in [0.1, 0.15) is 23.6 Å². The van der Waals surface area contributed by atoms with Crippen molar-refractivity contribution in [3.05, 3.63) is 34.9 Å². The second-order valence-corrected chi connectivity index (χ2v) is 5.44. The van der Waals surface area contributed by atoms with Crippen LogP contribution in [0.2, 0.25) is 0 Å². The summed E-state index contributed by atoms with van der Waals surface area (Å²) in [6.07, 6.45) is 2.32. The molecule has 0 N–H and O–H groups in total. The van der Waals surface area contributed by atoms with E-state index >= 15 is 0 Å². The molecule has 1 aliphatic rings. The third kappa shape index (κ3) is 2.76. The SMILES string of the molecule is CCc1cc(CS)ccc1CC1CN(S)C1. The molecule has 1 nitrogen and oxygen atoms in total. The van der Waals surface area contributed by atoms with E-state index in [0.717, 1.165) is 31.2 Å². The highest BCUT2D eigenvalue weighted by atomic mass is 32.1. The van der Waals surface area contributed by atoms with Crippen LogP contribution in [0.25, 0.3) is 0 Å². The van der Waals surface area contributed by atoms with Crippen molar-refractivity contribution >= 4 is 25.4 Å². The Balaban J connectivity index is 2.07. The zero-order chi connectivity index (χ0) is 11.5. The number of thiol groups is 2. The molecule has 2 rings (SSSR count). The monoisotopic (exact) mass is 253 g/mol. The maximum absolute atomic E-state index is 4.32. The van der Waals surface area contributed by atoms with E-state index in [1.807, 2.05) is 0 Å². The Hall–Kier alpha value is -0.120. The Morgan fingerprint density at radius 3 is 2.62 bits per heavy atom. The average Bonchev–Trinajstić information content (AvgIpc) is 2.27. The Morgan fingerprint density at radius 1 is 1.31 bits per heavy atom. The van der Waals surface area contributed by atoms with E-state index in [1.165, 1.54) is 23.1 Å². The van der Waals surface area contributed by atoms with Crippen LogP contribution in [0.4, 0.5) is 0 Å². The van der Waals surface area contributed by atoms with Crippen molar-refractivity contribution in [2.45, 2.75) is 25.5 Å². The fraction of sp³-hybridized carbons (Fsp3) is 0.538. The Kier molecular flexibility index (Phi) is 4.22. The van der Waals surface area contributed by atoms with E-state index in [-0.39, 0.29) is 0 Å². The first-order chi connectivity index (χ1) is 7.72. The third-order valence-electron chi connectivity index (χ3n) is 3.28. The van der Waals surface area contributed by atoms with Crippen molar-refractivity contribution in [2.24, 2.45) is 5.92 Å². The number of rotatable bonds is 4. The average molecular weight is 253 g/mol. The summed E-state index contributed by atoms with van der Waals surface area (Å²) in [7, 11) is 0. The lowest BCUT2D eigenvalue weighted by Crippen LogP contribution is -2.41. The summed E-state index contributed by atoms with van der Waals surface area (Å²) in [5, 5.41) is 0. The summed E-state index contributed by atoms with van der Waals surface area (Å²) in [6, 6.07) is 6.80. The Bertz CT molecular complexity index is 359. The number of hydrogen-bond acceptors (Lipinski definition) is 3. The molecular weight excluding hydrogens is 234 g/mol. The number of aryl methyl sites for hydroxylation is 1. The van der Waals surface area contributed by atoms with Crippen molar-refractivity contribution in [1.82, 2.24) is 4.31 Å². The van der Waals surface area contributed by atoms with Gasteiger partial charge in [0.05, 0.1) is 0 Å². The van der Waals surface area contributed by atoms with Crippen molar-refractivity contribution < 1.29 is 0 Å². The molecule has 1 heterocycles. The van der Waals surface area contributed by atoms with Gasteiger partial charge in [0, 0.05) is 18.8 Å². The lowest BCUT2D eigenvalue weighted by molar-refractivity contribution is 0.221. The smallest absolute Gasteiger partial charge is 0.0154 e. The summed E-state index contributed by atoms with van der Waals surface area (Å²) in [4.78, 5) is 0. The molecule has 0 bridgehead atoms. The number of benzene rings is 1. The van der Waals surface area contributed by atoms with E-state index in [4.69, 9.17) is 0 Å². The molecule has 0 saturated carbocycles. The molecule has 3 heteroatoms. The molecule has 88 valence electrons. The molecule has 0 aliphatic carbocycles. The maximum Gasteiger partial charge on any atom is 0.0154 e. The molecule has 1 aliphatic heterocycles. The predicted octanol–water partition coefficient (Wildman–Crippen LogP) is 3.00. The van der Waals surface area contributed by atoms with Crippen LogP contribution >= 0.6 is 25.4 Å². The van der Waals surface area contributed by atoms with Crippen LogP contribution < -0.4 is 0 Å². The molecule has 1 aromatic rings. The molecule has 16 heavy (non-hydrogen) atoms. The normalized spacial score (nSPS) is 17.4. The van der Waals surface area contributed by atoms with Gasteiger partial charge in [-0.2, -0.15) is 12.6 Å². The minimum atomic E-state index is 0.796. The summed E-state index contributed by atoms with van der Waals surface area (Å²) in [6.45, 7) is 4.48. The molecule has 0 unspecified atom stereocenters. The van der Waals surface area contributed by atoms with Gasteiger partial charge in [-0.1, -0.05) is 37.9 Å². The number of hydrogen-bond donors (Lipinski definition) is 2. The molecule has 0 spiro atoms. The van der Waals surface area contributed by atoms with Crippen molar-refractivity contribution in [1.29, 1.82) is 0 Å². The quantitative estimate of drug-likeness (QED) is 0.780. The van der Waals surface area contributed by atoms with Crippen molar-refractivity contribution in [2.75, 3.05) is 13.1 Å². The number of nitrogens with zero attached hydrogens (tertiary/aromatic N) is 1. The molecule has 0 atom stereocenters. The fourth-order valence-electron chi connectivity index (χ4n) is 2.29. The summed E-state index contributed by atoms with van der Waals surface area (Å²) in [5.41, 5.74) is 4.33. The van der Waals surface area contributed by atoms with Crippen molar-refractivity contribution in [3.63, 3.8) is 0 Å². The molecule has 0 aromatic heterocycles. The maximum atomic E-state index is 4.32. The minimum Gasteiger partial charge on any atom is -0.253 e. The highest BCUT2D eigenvalue weighted by Gasteiger charge is 2.24. The van der Waals surface area contributed by atoms with Gasteiger partial charge in [-0.15, -0.1) is 0 Å². The van der Waals surface area contributed by atoms with Gasteiger partial charge in [-0.05, 0) is 35.4 Å². The van der Waals surface area contributed by atoms with Crippen LogP contribution in [0.5, 0.6) is 0 Å². The van der Waals surface area contributed by atoms with Gasteiger partial charge in [0.2, 0.25) is 0 Å². The molecule has 0 amide bonds. The van der Waals surface area contributed by atoms with E-state index < -0.39 is 0 Å². The van der Waals surface area contributed by atoms with E-state index in [1.54, 1.807) is 0 Å². The van der Waals surface area contributed by atoms with Gasteiger partial charge >= 0.3 is 0 Å². The molecular formula is C13H19NS2. The first-order valence-corrected chi connectivity index (χ1v) is 6.91. The zero-order valence-electron chi connectivity index (χ0n) is 9.69. The van der Waals surface area contributed by atoms with E-state index in [2.05, 4.69) is 54.9 Å². The van der Waals surface area contributed by atoms with Gasteiger partial charge in [0.25, 0.3) is 0 Å². The second kappa shape index (κ2) is 5.48. The lowest BCUT2D eigenvalue weighted by Gasteiger charge is -2.35. The third-order valence-corrected chi connectivity index (χ3v) is 3.97. The van der Waals surface area contributed by atoms with Crippen molar-refractivity contribution in [3.8, 4) is 0 Å². The van der Waals surface area contributed by atoms with Crippen LogP contribution in [-0.4, -0.2) is 17.4 Å². The largest absolute Gasteiger partial charge is 0.253 e. The van der Waals surface area contributed by atoms with Gasteiger partial charge in [0.15, 0.2) is 0 Å². The first-order valence-electron chi connectivity index (χ1n) is 5.88. The van der Waals surface area contributed by atoms with Crippen LogP contribution in [0, 0.1) is 5.92 Å². The Labute approximate surface area is 109 Å². The first kappa shape index (κ1) is 12.3. The zero-order valence-corrected chi connectivity index (χ0v) is 11.5. The van der Waals surface area contributed by atoms with Gasteiger partial charge in [-0.3, -0.25) is 4.31 Å². The van der Waals surface area contributed by atoms with Crippen LogP contribution in [0.3, 0.4) is 0 Å². The second-order valence-electron chi connectivity index (χ2n) is 4.56. The molecule has 1 aromatic carbocycles. The van der Waals surface area contributed by atoms with Gasteiger partial charge < -0.3 is 0 Å². The lowest BCUT2D eigenvalue weighted by atomic mass is 9.90. The van der Waals surface area contributed by atoms with Gasteiger partial charge in [0.1, 0.15) is 0 Å². The molecule has 0 radical (unpaired) electrons. The summed E-state index contributed by atoms with van der Waals surface area (Å²) < 4.78 is 2.08. The Morgan fingerprint density at radius 2 is 2.06 bits per heavy atom. The van der Waals surface area contributed by atoms with Crippen LogP contribution in [-0.2, 0) is 18.6 Å².